The van der Waals surface area contributed by atoms with Gasteiger partial charge in [0, 0.05) is 15.1 Å². The predicted molar refractivity (Wildman–Crippen MR) is 131 cm³/mol. The van der Waals surface area contributed by atoms with Crippen molar-refractivity contribution in [1.82, 2.24) is 5.32 Å². The van der Waals surface area contributed by atoms with Crippen LogP contribution in [0.4, 0.5) is 10.5 Å². The van der Waals surface area contributed by atoms with E-state index in [0.29, 0.717) is 38.3 Å². The number of halogens is 3. The van der Waals surface area contributed by atoms with Crippen molar-refractivity contribution in [2.24, 2.45) is 0 Å². The normalized spacial score (nSPS) is 15.2. The summed E-state index contributed by atoms with van der Waals surface area (Å²) in [5, 5.41) is 3.67. The minimum absolute atomic E-state index is 0.198. The first-order valence-electron chi connectivity index (χ1n) is 9.94. The fourth-order valence-electron chi connectivity index (χ4n) is 3.58. The third kappa shape index (κ3) is 4.67. The van der Waals surface area contributed by atoms with Crippen LogP contribution in [0, 0.1) is 6.92 Å². The van der Waals surface area contributed by atoms with Gasteiger partial charge in [0.25, 0.3) is 11.8 Å². The summed E-state index contributed by atoms with van der Waals surface area (Å²) < 4.78 is 0. The van der Waals surface area contributed by atoms with E-state index < -0.39 is 17.8 Å². The number of rotatable bonds is 4. The number of carbonyl (C=O) groups excluding carboxylic acids is 3. The first kappa shape index (κ1) is 23.1. The van der Waals surface area contributed by atoms with Crippen LogP contribution in [0.5, 0.6) is 0 Å². The van der Waals surface area contributed by atoms with Crippen LogP contribution in [-0.4, -0.2) is 17.8 Å². The first-order valence-corrected chi connectivity index (χ1v) is 11.1. The molecule has 3 aromatic rings. The van der Waals surface area contributed by atoms with E-state index in [4.69, 9.17) is 34.8 Å². The minimum Gasteiger partial charge on any atom is -0.273 e. The van der Waals surface area contributed by atoms with Crippen LogP contribution in [0.15, 0.2) is 66.2 Å². The monoisotopic (exact) mass is 498 g/mol. The van der Waals surface area contributed by atoms with E-state index >= 15 is 0 Å². The molecule has 0 atom stereocenters. The zero-order valence-electron chi connectivity index (χ0n) is 17.4. The molecule has 33 heavy (non-hydrogen) atoms. The fourth-order valence-corrected chi connectivity index (χ4v) is 4.13. The molecule has 1 fully saturated rings. The van der Waals surface area contributed by atoms with Crippen molar-refractivity contribution in [3.63, 3.8) is 0 Å². The second-order valence-corrected chi connectivity index (χ2v) is 8.70. The molecule has 1 N–H and O–H groups in total. The van der Waals surface area contributed by atoms with Gasteiger partial charge in [-0.05, 0) is 72.0 Å². The molecule has 0 bridgehead atoms. The van der Waals surface area contributed by atoms with Crippen LogP contribution in [0.3, 0.4) is 0 Å². The molecule has 0 unspecified atom stereocenters. The summed E-state index contributed by atoms with van der Waals surface area (Å²) in [6.45, 7) is 1.69. The van der Waals surface area contributed by atoms with Crippen molar-refractivity contribution in [3.8, 4) is 0 Å². The molecule has 0 aromatic heterocycles. The van der Waals surface area contributed by atoms with Crippen molar-refractivity contribution in [2.75, 3.05) is 4.90 Å². The van der Waals surface area contributed by atoms with Crippen LogP contribution in [0.2, 0.25) is 15.1 Å². The molecule has 1 saturated heterocycles. The Bertz CT molecular complexity index is 1330. The summed E-state index contributed by atoms with van der Waals surface area (Å²) in [4.78, 5) is 39.4. The van der Waals surface area contributed by atoms with E-state index in [9.17, 15) is 14.4 Å². The molecule has 0 radical (unpaired) electrons. The highest BCUT2D eigenvalue weighted by atomic mass is 35.5. The highest BCUT2D eigenvalue weighted by Crippen LogP contribution is 2.30. The van der Waals surface area contributed by atoms with Gasteiger partial charge in [-0.2, -0.15) is 0 Å². The number of amides is 4. The van der Waals surface area contributed by atoms with E-state index in [2.05, 4.69) is 5.32 Å². The van der Waals surface area contributed by atoms with Crippen molar-refractivity contribution >= 4 is 64.4 Å². The summed E-state index contributed by atoms with van der Waals surface area (Å²) in [5.74, 6) is -1.54. The van der Waals surface area contributed by atoms with Gasteiger partial charge in [0.15, 0.2) is 0 Å². The summed E-state index contributed by atoms with van der Waals surface area (Å²) in [6.07, 6.45) is 1.90. The molecule has 1 heterocycles. The standard InChI is InChI=1S/C25H17Cl3N2O3/c1-14-20(27)7-4-8-22(14)30-24(32)19(23(31)29-25(30)33)13-17-12-18(26)10-9-15(17)11-16-5-2-3-6-21(16)28/h2-10,12-13H,11H2,1H3,(H,29,31,33)/b19-13+. The average molecular weight is 500 g/mol. The van der Waals surface area contributed by atoms with Crippen molar-refractivity contribution < 1.29 is 14.4 Å². The quantitative estimate of drug-likeness (QED) is 0.343. The van der Waals surface area contributed by atoms with E-state index in [1.54, 1.807) is 43.3 Å². The molecular weight excluding hydrogens is 483 g/mol. The number of benzene rings is 3. The molecule has 4 rings (SSSR count). The Kier molecular flexibility index (Phi) is 6.56. The third-order valence-corrected chi connectivity index (χ3v) is 6.34. The number of urea groups is 1. The second kappa shape index (κ2) is 9.40. The summed E-state index contributed by atoms with van der Waals surface area (Å²) >= 11 is 18.7. The molecule has 0 aliphatic carbocycles. The number of hydrogen-bond donors (Lipinski definition) is 1. The molecule has 166 valence electrons. The Hall–Kier alpha value is -3.12. The molecule has 5 nitrogen and oxygen atoms in total. The van der Waals surface area contributed by atoms with Crippen LogP contribution in [0.1, 0.15) is 22.3 Å². The molecule has 3 aromatic carbocycles. The van der Waals surface area contributed by atoms with Gasteiger partial charge in [0.05, 0.1) is 5.69 Å². The smallest absolute Gasteiger partial charge is 0.273 e. The maximum absolute atomic E-state index is 13.3. The summed E-state index contributed by atoms with van der Waals surface area (Å²) in [5.41, 5.74) is 2.90. The number of nitrogens with zero attached hydrogens (tertiary/aromatic N) is 1. The van der Waals surface area contributed by atoms with Gasteiger partial charge < -0.3 is 0 Å². The van der Waals surface area contributed by atoms with Gasteiger partial charge in [-0.1, -0.05) is 65.1 Å². The minimum atomic E-state index is -0.838. The van der Waals surface area contributed by atoms with Gasteiger partial charge in [-0.3, -0.25) is 14.9 Å². The van der Waals surface area contributed by atoms with E-state index in [1.807, 2.05) is 24.3 Å². The zero-order valence-corrected chi connectivity index (χ0v) is 19.6. The van der Waals surface area contributed by atoms with Crippen LogP contribution in [-0.2, 0) is 16.0 Å². The van der Waals surface area contributed by atoms with Gasteiger partial charge >= 0.3 is 6.03 Å². The summed E-state index contributed by atoms with van der Waals surface area (Å²) in [6, 6.07) is 16.6. The highest BCUT2D eigenvalue weighted by molar-refractivity contribution is 6.40. The van der Waals surface area contributed by atoms with E-state index in [0.717, 1.165) is 16.0 Å². The molecular formula is C25H17Cl3N2O3. The van der Waals surface area contributed by atoms with Crippen LogP contribution < -0.4 is 10.2 Å². The lowest BCUT2D eigenvalue weighted by atomic mass is 9.97. The maximum atomic E-state index is 13.3. The average Bonchev–Trinajstić information content (AvgIpc) is 2.77. The number of nitrogens with one attached hydrogen (secondary N) is 1. The SMILES string of the molecule is Cc1c(Cl)cccc1N1C(=O)NC(=O)/C(=C\c2cc(Cl)ccc2Cc2ccccc2Cl)C1=O. The molecule has 4 amide bonds. The van der Waals surface area contributed by atoms with Crippen LogP contribution >= 0.6 is 34.8 Å². The summed E-state index contributed by atoms with van der Waals surface area (Å²) in [7, 11) is 0. The van der Waals surface area contributed by atoms with E-state index in [1.165, 1.54) is 6.08 Å². The topological polar surface area (TPSA) is 66.5 Å². The third-order valence-electron chi connectivity index (χ3n) is 5.33. The van der Waals surface area contributed by atoms with Gasteiger partial charge in [-0.25, -0.2) is 9.69 Å². The Morgan fingerprint density at radius 2 is 1.61 bits per heavy atom. The van der Waals surface area contributed by atoms with Crippen molar-refractivity contribution in [1.29, 1.82) is 0 Å². The fraction of sp³-hybridized carbons (Fsp3) is 0.0800. The van der Waals surface area contributed by atoms with Gasteiger partial charge in [-0.15, -0.1) is 0 Å². The Labute approximate surface area is 205 Å². The number of barbiturate groups is 1. The number of anilines is 1. The molecule has 1 aliphatic rings. The van der Waals surface area contributed by atoms with Crippen LogP contribution in [0.25, 0.3) is 6.08 Å². The lowest BCUT2D eigenvalue weighted by Crippen LogP contribution is -2.54. The highest BCUT2D eigenvalue weighted by Gasteiger charge is 2.37. The second-order valence-electron chi connectivity index (χ2n) is 7.45. The Balaban J connectivity index is 1.78. The predicted octanol–water partition coefficient (Wildman–Crippen LogP) is 6.21. The Morgan fingerprint density at radius 1 is 0.879 bits per heavy atom. The van der Waals surface area contributed by atoms with Crippen molar-refractivity contribution in [3.05, 3.63) is 104 Å². The number of hydrogen-bond acceptors (Lipinski definition) is 3. The zero-order chi connectivity index (χ0) is 23.7. The van der Waals surface area contributed by atoms with E-state index in [-0.39, 0.29) is 5.57 Å². The molecule has 1 aliphatic heterocycles. The van der Waals surface area contributed by atoms with Gasteiger partial charge in [0.1, 0.15) is 5.57 Å². The molecule has 8 heteroatoms. The molecule has 0 saturated carbocycles. The van der Waals surface area contributed by atoms with Gasteiger partial charge in [0.2, 0.25) is 0 Å². The largest absolute Gasteiger partial charge is 0.335 e. The molecule has 0 spiro atoms. The lowest BCUT2D eigenvalue weighted by molar-refractivity contribution is -0.122. The maximum Gasteiger partial charge on any atom is 0.335 e. The Morgan fingerprint density at radius 3 is 2.36 bits per heavy atom. The lowest BCUT2D eigenvalue weighted by Gasteiger charge is -2.28. The number of imide groups is 2. The first-order chi connectivity index (χ1) is 15.8. The van der Waals surface area contributed by atoms with Crippen molar-refractivity contribution in [2.45, 2.75) is 13.3 Å². The number of carbonyl (C=O) groups is 3.